The standard InChI is InChI=1S/C19H23N3O4S/c1-15-8-6-7-11-17(15)22(27(2,25)26)14-18(23)20-12-13-21-19(24)16-9-4-3-5-10-16/h3-11H,12-14H2,1-2H3,(H,20,23)(H,21,24). The summed E-state index contributed by atoms with van der Waals surface area (Å²) in [6.07, 6.45) is 1.06. The van der Waals surface area contributed by atoms with Crippen LogP contribution in [0.15, 0.2) is 54.6 Å². The molecule has 0 aromatic heterocycles. The van der Waals surface area contributed by atoms with Gasteiger partial charge in [0.05, 0.1) is 11.9 Å². The van der Waals surface area contributed by atoms with Crippen LogP contribution in [0.4, 0.5) is 5.69 Å². The predicted molar refractivity (Wildman–Crippen MR) is 105 cm³/mol. The van der Waals surface area contributed by atoms with Crippen molar-refractivity contribution in [3.05, 3.63) is 65.7 Å². The smallest absolute Gasteiger partial charge is 0.251 e. The number of para-hydroxylation sites is 1. The quantitative estimate of drug-likeness (QED) is 0.666. The number of hydrogen-bond acceptors (Lipinski definition) is 4. The predicted octanol–water partition coefficient (Wildman–Crippen LogP) is 1.31. The maximum absolute atomic E-state index is 12.2. The van der Waals surface area contributed by atoms with Gasteiger partial charge in [-0.25, -0.2) is 8.42 Å². The average molecular weight is 389 g/mol. The summed E-state index contributed by atoms with van der Waals surface area (Å²) in [6.45, 7) is 1.90. The molecule has 144 valence electrons. The molecular weight excluding hydrogens is 366 g/mol. The summed E-state index contributed by atoms with van der Waals surface area (Å²) in [5, 5.41) is 5.31. The molecule has 0 aliphatic rings. The molecule has 0 spiro atoms. The highest BCUT2D eigenvalue weighted by molar-refractivity contribution is 7.92. The van der Waals surface area contributed by atoms with Crippen LogP contribution in [-0.4, -0.2) is 46.1 Å². The van der Waals surface area contributed by atoms with Gasteiger partial charge in [-0.1, -0.05) is 36.4 Å². The summed E-state index contributed by atoms with van der Waals surface area (Å²) in [4.78, 5) is 24.1. The number of carbonyl (C=O) groups excluding carboxylic acids is 2. The molecule has 0 heterocycles. The van der Waals surface area contributed by atoms with Crippen LogP contribution >= 0.6 is 0 Å². The van der Waals surface area contributed by atoms with E-state index in [1.807, 2.05) is 6.07 Å². The summed E-state index contributed by atoms with van der Waals surface area (Å²) in [5.41, 5.74) is 1.75. The molecule has 0 unspecified atom stereocenters. The van der Waals surface area contributed by atoms with E-state index in [0.29, 0.717) is 11.3 Å². The Hall–Kier alpha value is -2.87. The van der Waals surface area contributed by atoms with Crippen molar-refractivity contribution < 1.29 is 18.0 Å². The lowest BCUT2D eigenvalue weighted by Gasteiger charge is -2.23. The largest absolute Gasteiger partial charge is 0.353 e. The zero-order valence-corrected chi connectivity index (χ0v) is 16.1. The van der Waals surface area contributed by atoms with Crippen molar-refractivity contribution in [1.82, 2.24) is 10.6 Å². The van der Waals surface area contributed by atoms with Crippen LogP contribution in [0.25, 0.3) is 0 Å². The van der Waals surface area contributed by atoms with Gasteiger partial charge >= 0.3 is 0 Å². The van der Waals surface area contributed by atoms with E-state index < -0.39 is 15.9 Å². The van der Waals surface area contributed by atoms with Crippen molar-refractivity contribution in [3.8, 4) is 0 Å². The first kappa shape index (κ1) is 20.4. The van der Waals surface area contributed by atoms with Crippen molar-refractivity contribution >= 4 is 27.5 Å². The lowest BCUT2D eigenvalue weighted by Crippen LogP contribution is -2.42. The Morgan fingerprint density at radius 3 is 2.15 bits per heavy atom. The molecule has 2 aromatic rings. The highest BCUT2D eigenvalue weighted by Crippen LogP contribution is 2.21. The maximum atomic E-state index is 12.2. The number of anilines is 1. The van der Waals surface area contributed by atoms with Gasteiger partial charge in [0.15, 0.2) is 0 Å². The zero-order chi connectivity index (χ0) is 19.9. The lowest BCUT2D eigenvalue weighted by molar-refractivity contribution is -0.119. The summed E-state index contributed by atoms with van der Waals surface area (Å²) >= 11 is 0. The van der Waals surface area contributed by atoms with Crippen LogP contribution < -0.4 is 14.9 Å². The maximum Gasteiger partial charge on any atom is 0.251 e. The minimum atomic E-state index is -3.61. The Balaban J connectivity index is 1.88. The van der Waals surface area contributed by atoms with Gasteiger partial charge in [0, 0.05) is 18.7 Å². The summed E-state index contributed by atoms with van der Waals surface area (Å²) in [7, 11) is -3.61. The Morgan fingerprint density at radius 2 is 1.52 bits per heavy atom. The van der Waals surface area contributed by atoms with Gasteiger partial charge in [0.1, 0.15) is 6.54 Å². The first-order valence-electron chi connectivity index (χ1n) is 8.42. The van der Waals surface area contributed by atoms with Gasteiger partial charge in [-0.05, 0) is 30.7 Å². The van der Waals surface area contributed by atoms with E-state index in [-0.39, 0.29) is 25.5 Å². The first-order valence-corrected chi connectivity index (χ1v) is 10.3. The molecule has 2 rings (SSSR count). The van der Waals surface area contributed by atoms with Crippen LogP contribution in [0.3, 0.4) is 0 Å². The number of nitrogens with zero attached hydrogens (tertiary/aromatic N) is 1. The minimum Gasteiger partial charge on any atom is -0.353 e. The number of rotatable bonds is 8. The van der Waals surface area contributed by atoms with Gasteiger partial charge in [0.2, 0.25) is 15.9 Å². The van der Waals surface area contributed by atoms with Crippen LogP contribution in [0, 0.1) is 6.92 Å². The molecule has 0 radical (unpaired) electrons. The fraction of sp³-hybridized carbons (Fsp3) is 0.263. The molecule has 2 aromatic carbocycles. The van der Waals surface area contributed by atoms with E-state index in [2.05, 4.69) is 10.6 Å². The number of carbonyl (C=O) groups is 2. The van der Waals surface area contributed by atoms with Crippen molar-refractivity contribution in [2.75, 3.05) is 30.2 Å². The number of benzene rings is 2. The molecule has 8 heteroatoms. The lowest BCUT2D eigenvalue weighted by atomic mass is 10.2. The normalized spacial score (nSPS) is 10.9. The van der Waals surface area contributed by atoms with Crippen molar-refractivity contribution in [1.29, 1.82) is 0 Å². The summed E-state index contributed by atoms with van der Waals surface area (Å²) in [5.74, 6) is -0.680. The van der Waals surface area contributed by atoms with E-state index in [1.165, 1.54) is 0 Å². The number of hydrogen-bond donors (Lipinski definition) is 2. The van der Waals surface area contributed by atoms with E-state index >= 15 is 0 Å². The SMILES string of the molecule is Cc1ccccc1N(CC(=O)NCCNC(=O)c1ccccc1)S(C)(=O)=O. The van der Waals surface area contributed by atoms with E-state index in [0.717, 1.165) is 16.1 Å². The highest BCUT2D eigenvalue weighted by atomic mass is 32.2. The molecular formula is C19H23N3O4S. The van der Waals surface area contributed by atoms with Crippen molar-refractivity contribution in [3.63, 3.8) is 0 Å². The molecule has 0 aliphatic carbocycles. The van der Waals surface area contributed by atoms with Gasteiger partial charge in [-0.15, -0.1) is 0 Å². The molecule has 0 fully saturated rings. The number of nitrogens with one attached hydrogen (secondary N) is 2. The van der Waals surface area contributed by atoms with Crippen LogP contribution in [-0.2, 0) is 14.8 Å². The molecule has 2 N–H and O–H groups in total. The first-order chi connectivity index (χ1) is 12.8. The Bertz CT molecular complexity index is 898. The van der Waals surface area contributed by atoms with E-state index in [9.17, 15) is 18.0 Å². The van der Waals surface area contributed by atoms with Gasteiger partial charge in [-0.2, -0.15) is 0 Å². The summed E-state index contributed by atoms with van der Waals surface area (Å²) < 4.78 is 25.2. The molecule has 0 saturated heterocycles. The van der Waals surface area contributed by atoms with E-state index in [1.54, 1.807) is 55.5 Å². The second kappa shape index (κ2) is 9.18. The van der Waals surface area contributed by atoms with Crippen molar-refractivity contribution in [2.24, 2.45) is 0 Å². The fourth-order valence-electron chi connectivity index (χ4n) is 2.48. The number of sulfonamides is 1. The third kappa shape index (κ3) is 6.10. The van der Waals surface area contributed by atoms with E-state index in [4.69, 9.17) is 0 Å². The zero-order valence-electron chi connectivity index (χ0n) is 15.3. The molecule has 0 bridgehead atoms. The Kier molecular flexibility index (Phi) is 6.95. The molecule has 2 amide bonds. The Labute approximate surface area is 159 Å². The molecule has 0 aliphatic heterocycles. The third-order valence-corrected chi connectivity index (χ3v) is 4.97. The third-order valence-electron chi connectivity index (χ3n) is 3.84. The van der Waals surface area contributed by atoms with Crippen LogP contribution in [0.2, 0.25) is 0 Å². The van der Waals surface area contributed by atoms with Crippen LogP contribution in [0.5, 0.6) is 0 Å². The van der Waals surface area contributed by atoms with Crippen molar-refractivity contribution in [2.45, 2.75) is 6.92 Å². The van der Waals surface area contributed by atoms with Gasteiger partial charge in [0.25, 0.3) is 5.91 Å². The second-order valence-corrected chi connectivity index (χ2v) is 7.93. The average Bonchev–Trinajstić information content (AvgIpc) is 2.63. The topological polar surface area (TPSA) is 95.6 Å². The highest BCUT2D eigenvalue weighted by Gasteiger charge is 2.21. The monoisotopic (exact) mass is 389 g/mol. The van der Waals surface area contributed by atoms with Crippen LogP contribution in [0.1, 0.15) is 15.9 Å². The molecule has 0 atom stereocenters. The second-order valence-electron chi connectivity index (χ2n) is 6.03. The van der Waals surface area contributed by atoms with Gasteiger partial charge < -0.3 is 10.6 Å². The number of aryl methyl sites for hydroxylation is 1. The minimum absolute atomic E-state index is 0.197. The van der Waals surface area contributed by atoms with Gasteiger partial charge in [-0.3, -0.25) is 13.9 Å². The molecule has 7 nitrogen and oxygen atoms in total. The fourth-order valence-corrected chi connectivity index (χ4v) is 3.39. The summed E-state index contributed by atoms with van der Waals surface area (Å²) in [6, 6.07) is 15.7. The molecule has 0 saturated carbocycles. The molecule has 27 heavy (non-hydrogen) atoms. The number of amides is 2. The Morgan fingerprint density at radius 1 is 0.926 bits per heavy atom.